The van der Waals surface area contributed by atoms with Gasteiger partial charge in [-0.3, -0.25) is 4.79 Å². The van der Waals surface area contributed by atoms with Gasteiger partial charge in [0.25, 0.3) is 0 Å². The second-order valence-electron chi connectivity index (χ2n) is 6.37. The Morgan fingerprint density at radius 1 is 1.19 bits per heavy atom. The van der Waals surface area contributed by atoms with E-state index in [-0.39, 0.29) is 17.6 Å². The first kappa shape index (κ1) is 14.1. The normalized spacial score (nSPS) is 20.9. The van der Waals surface area contributed by atoms with Gasteiger partial charge in [0, 0.05) is 18.9 Å². The van der Waals surface area contributed by atoms with Crippen molar-refractivity contribution in [1.82, 2.24) is 5.32 Å². The molecule has 3 rings (SSSR count). The van der Waals surface area contributed by atoms with E-state index in [1.807, 2.05) is 30.3 Å². The topological polar surface area (TPSA) is 55.4 Å². The maximum Gasteiger partial charge on any atom is 0.407 e. The molecule has 0 atom stereocenters. The van der Waals surface area contributed by atoms with Crippen molar-refractivity contribution >= 4 is 11.9 Å². The van der Waals surface area contributed by atoms with Crippen LogP contribution in [0.1, 0.15) is 44.1 Å². The number of ketones is 1. The number of nitrogens with one attached hydrogen (secondary N) is 1. The Morgan fingerprint density at radius 3 is 2.48 bits per heavy atom. The summed E-state index contributed by atoms with van der Waals surface area (Å²) in [6, 6.07) is 9.85. The van der Waals surface area contributed by atoms with Crippen molar-refractivity contribution < 1.29 is 14.3 Å². The number of carbonyl (C=O) groups is 2. The second-order valence-corrected chi connectivity index (χ2v) is 6.37. The zero-order chi connectivity index (χ0) is 14.7. The molecule has 1 aromatic rings. The molecule has 4 heteroatoms. The van der Waals surface area contributed by atoms with Crippen LogP contribution < -0.4 is 5.32 Å². The Balaban J connectivity index is 1.39. The molecule has 0 heterocycles. The van der Waals surface area contributed by atoms with E-state index in [2.05, 4.69) is 5.32 Å². The molecule has 2 aliphatic carbocycles. The molecular formula is C17H21NO3. The molecule has 2 aliphatic rings. The molecule has 1 spiro atoms. The molecule has 1 aromatic carbocycles. The fraction of sp³-hybridized carbons (Fsp3) is 0.529. The molecule has 1 amide bonds. The number of rotatable bonds is 3. The van der Waals surface area contributed by atoms with Crippen molar-refractivity contribution in [1.29, 1.82) is 0 Å². The Hall–Kier alpha value is -1.84. The molecule has 0 radical (unpaired) electrons. The summed E-state index contributed by atoms with van der Waals surface area (Å²) in [6.07, 6.45) is 5.15. The molecule has 2 fully saturated rings. The number of benzene rings is 1. The number of hydrogen-bond donors (Lipinski definition) is 1. The Morgan fingerprint density at radius 2 is 1.86 bits per heavy atom. The van der Waals surface area contributed by atoms with Crippen LogP contribution in [0.4, 0.5) is 4.79 Å². The first-order valence-electron chi connectivity index (χ1n) is 7.64. The summed E-state index contributed by atoms with van der Waals surface area (Å²) in [4.78, 5) is 23.0. The van der Waals surface area contributed by atoms with Crippen LogP contribution in [0.25, 0.3) is 0 Å². The molecular weight excluding hydrogens is 266 g/mol. The SMILES string of the molecule is O=C1CC2(CCC(NC(=O)OCc3ccccc3)CC2)C1. The van der Waals surface area contributed by atoms with E-state index in [4.69, 9.17) is 4.74 Å². The van der Waals surface area contributed by atoms with E-state index in [9.17, 15) is 9.59 Å². The van der Waals surface area contributed by atoms with Crippen LogP contribution >= 0.6 is 0 Å². The lowest BCUT2D eigenvalue weighted by Crippen LogP contribution is -2.46. The number of Topliss-reactive ketones (excluding diaryl/α,β-unsaturated/α-hetero) is 1. The first-order chi connectivity index (χ1) is 10.2. The van der Waals surface area contributed by atoms with E-state index >= 15 is 0 Å². The second kappa shape index (κ2) is 5.88. The number of carbonyl (C=O) groups excluding carboxylic acids is 2. The summed E-state index contributed by atoms with van der Waals surface area (Å²) >= 11 is 0. The summed E-state index contributed by atoms with van der Waals surface area (Å²) in [5.74, 6) is 0.392. The molecule has 112 valence electrons. The van der Waals surface area contributed by atoms with Gasteiger partial charge in [0.2, 0.25) is 0 Å². The Bertz CT molecular complexity index is 508. The minimum absolute atomic E-state index is 0.189. The molecule has 0 unspecified atom stereocenters. The molecule has 0 aliphatic heterocycles. The van der Waals surface area contributed by atoms with E-state index in [0.717, 1.165) is 44.1 Å². The third kappa shape index (κ3) is 3.43. The van der Waals surface area contributed by atoms with Crippen molar-refractivity contribution in [3.05, 3.63) is 35.9 Å². The maximum absolute atomic E-state index is 11.8. The molecule has 1 N–H and O–H groups in total. The van der Waals surface area contributed by atoms with Gasteiger partial charge in [-0.05, 0) is 36.7 Å². The number of alkyl carbamates (subject to hydrolysis) is 1. The number of amides is 1. The predicted molar refractivity (Wildman–Crippen MR) is 78.7 cm³/mol. The molecule has 0 aromatic heterocycles. The quantitative estimate of drug-likeness (QED) is 0.928. The predicted octanol–water partition coefficient (Wildman–Crippen LogP) is 3.20. The summed E-state index contributed by atoms with van der Waals surface area (Å²) in [7, 11) is 0. The smallest absolute Gasteiger partial charge is 0.407 e. The van der Waals surface area contributed by atoms with Crippen LogP contribution in [0.3, 0.4) is 0 Å². The lowest BCUT2D eigenvalue weighted by atomic mass is 9.59. The van der Waals surface area contributed by atoms with Crippen LogP contribution in [0.15, 0.2) is 30.3 Å². The Labute approximate surface area is 124 Å². The minimum atomic E-state index is -0.343. The monoisotopic (exact) mass is 287 g/mol. The van der Waals surface area contributed by atoms with Gasteiger partial charge < -0.3 is 10.1 Å². The van der Waals surface area contributed by atoms with Gasteiger partial charge in [0.05, 0.1) is 0 Å². The van der Waals surface area contributed by atoms with E-state index in [1.54, 1.807) is 0 Å². The van der Waals surface area contributed by atoms with Gasteiger partial charge >= 0.3 is 6.09 Å². The zero-order valence-electron chi connectivity index (χ0n) is 12.1. The standard InChI is InChI=1S/C17H21NO3/c19-15-10-17(11-15)8-6-14(7-9-17)18-16(20)21-12-13-4-2-1-3-5-13/h1-5,14H,6-12H2,(H,18,20). The third-order valence-electron chi connectivity index (χ3n) is 4.73. The highest BCUT2D eigenvalue weighted by molar-refractivity contribution is 5.86. The molecule has 0 saturated heterocycles. The van der Waals surface area contributed by atoms with Gasteiger partial charge in [0.1, 0.15) is 12.4 Å². The van der Waals surface area contributed by atoms with Crippen LogP contribution in [-0.2, 0) is 16.1 Å². The lowest BCUT2D eigenvalue weighted by Gasteiger charge is -2.45. The highest BCUT2D eigenvalue weighted by Crippen LogP contribution is 2.49. The summed E-state index contributed by atoms with van der Waals surface area (Å²) < 4.78 is 5.24. The molecule has 2 saturated carbocycles. The minimum Gasteiger partial charge on any atom is -0.445 e. The first-order valence-corrected chi connectivity index (χ1v) is 7.64. The molecule has 0 bridgehead atoms. The zero-order valence-corrected chi connectivity index (χ0v) is 12.1. The van der Waals surface area contributed by atoms with E-state index in [1.165, 1.54) is 0 Å². The fourth-order valence-corrected chi connectivity index (χ4v) is 3.44. The van der Waals surface area contributed by atoms with Gasteiger partial charge in [0.15, 0.2) is 0 Å². The highest BCUT2D eigenvalue weighted by atomic mass is 16.5. The third-order valence-corrected chi connectivity index (χ3v) is 4.73. The number of hydrogen-bond acceptors (Lipinski definition) is 3. The van der Waals surface area contributed by atoms with E-state index in [0.29, 0.717) is 12.4 Å². The van der Waals surface area contributed by atoms with Crippen LogP contribution in [0, 0.1) is 5.41 Å². The van der Waals surface area contributed by atoms with Gasteiger partial charge in [-0.25, -0.2) is 4.79 Å². The largest absolute Gasteiger partial charge is 0.445 e. The van der Waals surface area contributed by atoms with Gasteiger partial charge in [-0.2, -0.15) is 0 Å². The van der Waals surface area contributed by atoms with Gasteiger partial charge in [-0.1, -0.05) is 30.3 Å². The number of ether oxygens (including phenoxy) is 1. The fourth-order valence-electron chi connectivity index (χ4n) is 3.44. The maximum atomic E-state index is 11.8. The average molecular weight is 287 g/mol. The lowest BCUT2D eigenvalue weighted by molar-refractivity contribution is -0.134. The van der Waals surface area contributed by atoms with Crippen molar-refractivity contribution in [2.45, 2.75) is 51.2 Å². The van der Waals surface area contributed by atoms with Crippen LogP contribution in [-0.4, -0.2) is 17.9 Å². The van der Waals surface area contributed by atoms with E-state index < -0.39 is 0 Å². The Kier molecular flexibility index (Phi) is 3.95. The summed E-state index contributed by atoms with van der Waals surface area (Å²) in [5.41, 5.74) is 1.26. The molecule has 21 heavy (non-hydrogen) atoms. The van der Waals surface area contributed by atoms with Gasteiger partial charge in [-0.15, -0.1) is 0 Å². The van der Waals surface area contributed by atoms with Crippen molar-refractivity contribution in [3.63, 3.8) is 0 Å². The summed E-state index contributed by atoms with van der Waals surface area (Å²) in [6.45, 7) is 0.303. The van der Waals surface area contributed by atoms with Crippen LogP contribution in [0.5, 0.6) is 0 Å². The summed E-state index contributed by atoms with van der Waals surface area (Å²) in [5, 5.41) is 2.94. The molecule has 4 nitrogen and oxygen atoms in total. The van der Waals surface area contributed by atoms with Crippen LogP contribution in [0.2, 0.25) is 0 Å². The highest BCUT2D eigenvalue weighted by Gasteiger charge is 2.45. The van der Waals surface area contributed by atoms with Crippen molar-refractivity contribution in [3.8, 4) is 0 Å². The average Bonchev–Trinajstić information content (AvgIpc) is 2.47. The van der Waals surface area contributed by atoms with Crippen molar-refractivity contribution in [2.24, 2.45) is 5.41 Å². The van der Waals surface area contributed by atoms with Crippen molar-refractivity contribution in [2.75, 3.05) is 0 Å².